The van der Waals surface area contributed by atoms with Gasteiger partial charge in [0.15, 0.2) is 0 Å². The number of aliphatic hydroxyl groups excluding tert-OH is 1. The fraction of sp³-hybridized carbons (Fsp3) is 0.436. The Hall–Kier alpha value is -6.10. The third-order valence-corrected chi connectivity index (χ3v) is 10.7. The zero-order chi connectivity index (χ0) is 39.7. The lowest BCUT2D eigenvalue weighted by Gasteiger charge is -2.23. The van der Waals surface area contributed by atoms with Gasteiger partial charge in [0.2, 0.25) is 17.8 Å². The monoisotopic (exact) mass is 764 g/mol. The number of nitrogens with two attached hydrogens (primary N) is 1. The van der Waals surface area contributed by atoms with Gasteiger partial charge in [-0.3, -0.25) is 39.5 Å². The van der Waals surface area contributed by atoms with Gasteiger partial charge in [-0.1, -0.05) is 12.5 Å². The van der Waals surface area contributed by atoms with Gasteiger partial charge < -0.3 is 24.9 Å². The number of amides is 4. The number of hydrogen-bond acceptors (Lipinski definition) is 10. The van der Waals surface area contributed by atoms with E-state index >= 15 is 0 Å². The number of carbonyl (C=O) groups is 4. The molecule has 0 spiro atoms. The molecule has 5 aromatic rings. The lowest BCUT2D eigenvalue weighted by molar-refractivity contribution is -0.121. The number of aliphatic hydroxyl groups is 1. The van der Waals surface area contributed by atoms with Gasteiger partial charge in [-0.05, 0) is 83.2 Å². The van der Waals surface area contributed by atoms with E-state index in [2.05, 4.69) is 10.6 Å². The highest BCUT2D eigenvalue weighted by atomic mass is 16.3. The highest BCUT2D eigenvalue weighted by Gasteiger charge is 2.32. The van der Waals surface area contributed by atoms with Crippen molar-refractivity contribution in [2.45, 2.75) is 91.4 Å². The molecule has 0 aliphatic carbocycles. The molecule has 0 radical (unpaired) electrons. The molecular formula is C39H48N12O5. The number of hydrogen-bond donors (Lipinski definition) is 4. The summed E-state index contributed by atoms with van der Waals surface area (Å²) in [4.78, 5) is 63.8. The number of benzene rings is 2. The Morgan fingerprint density at radius 2 is 1.68 bits per heavy atom. The Kier molecular flexibility index (Phi) is 10.9. The van der Waals surface area contributed by atoms with Crippen LogP contribution in [0.4, 0.5) is 17.6 Å². The average Bonchev–Trinajstić information content (AvgIpc) is 3.92. The Morgan fingerprint density at radius 3 is 2.41 bits per heavy atom. The van der Waals surface area contributed by atoms with Crippen molar-refractivity contribution in [2.75, 3.05) is 35.7 Å². The van der Waals surface area contributed by atoms with E-state index in [4.69, 9.17) is 25.9 Å². The first-order chi connectivity index (χ1) is 27.0. The Bertz CT molecular complexity index is 2370. The van der Waals surface area contributed by atoms with Gasteiger partial charge >= 0.3 is 0 Å². The number of fused-ring (bicyclic) bond motifs is 8. The Morgan fingerprint density at radius 1 is 0.946 bits per heavy atom. The first-order valence-electron chi connectivity index (χ1n) is 19.1. The van der Waals surface area contributed by atoms with Gasteiger partial charge in [-0.15, -0.1) is 0 Å². The van der Waals surface area contributed by atoms with Crippen LogP contribution in [0.5, 0.6) is 0 Å². The molecule has 0 saturated heterocycles. The van der Waals surface area contributed by atoms with E-state index in [-0.39, 0.29) is 11.8 Å². The SMILES string of the molecule is CCn1nc(C)c2c1C(=O)Nc1nc3cc(C(N)=O)ccc3n1CCCCn1c(nc3c(N(C)C(=O)CO)cccc31)NC(=O)C1CC(C)=NN1CCCCC2. The standard InChI is InChI=1S/C39H48N12O5/c1-5-50-34-26(24(3)46-50)12-7-6-8-19-51-31(20-23(2)45-51)36(55)43-39-42-33-29(47(4)32(53)22-52)13-11-14-30(33)49(39)18-10-9-17-48-28-16-15-25(35(40)54)21-27(28)41-38(48)44-37(34)56/h11,13-16,21,31,52H,5-10,12,17-20,22H2,1-4H3,(H2,40,54)(H,41,44,56)(H,42,43,55). The number of carbonyl (C=O) groups excluding carboxylic acids is 4. The Labute approximate surface area is 323 Å². The highest BCUT2D eigenvalue weighted by Crippen LogP contribution is 2.31. The number of aromatic nitrogens is 6. The van der Waals surface area contributed by atoms with Crippen molar-refractivity contribution in [2.24, 2.45) is 10.8 Å². The zero-order valence-electron chi connectivity index (χ0n) is 32.2. The molecule has 17 heteroatoms. The summed E-state index contributed by atoms with van der Waals surface area (Å²) in [6, 6.07) is 10.0. The van der Waals surface area contributed by atoms with Crippen LogP contribution in [0.25, 0.3) is 22.1 Å². The van der Waals surface area contributed by atoms with Gasteiger partial charge in [0.05, 0.1) is 27.9 Å². The number of rotatable bonds is 4. The summed E-state index contributed by atoms with van der Waals surface area (Å²) in [7, 11) is 1.58. The molecule has 2 aliphatic rings. The van der Waals surface area contributed by atoms with Gasteiger partial charge in [-0.2, -0.15) is 10.2 Å². The maximum absolute atomic E-state index is 14.2. The van der Waals surface area contributed by atoms with Crippen LogP contribution in [0.1, 0.15) is 84.5 Å². The summed E-state index contributed by atoms with van der Waals surface area (Å²) in [5.41, 5.74) is 11.9. The van der Waals surface area contributed by atoms with E-state index in [1.54, 1.807) is 36.0 Å². The zero-order valence-corrected chi connectivity index (χ0v) is 32.2. The van der Waals surface area contributed by atoms with Crippen molar-refractivity contribution in [1.29, 1.82) is 0 Å². The van der Waals surface area contributed by atoms with E-state index in [0.717, 1.165) is 41.7 Å². The first-order valence-corrected chi connectivity index (χ1v) is 19.1. The number of likely N-dealkylation sites (N-methyl/N-ethyl adjacent to an activating group) is 1. The second kappa shape index (κ2) is 15.9. The number of primary amides is 1. The number of para-hydroxylation sites is 1. The van der Waals surface area contributed by atoms with Gasteiger partial charge in [0, 0.05) is 56.5 Å². The first kappa shape index (κ1) is 38.2. The van der Waals surface area contributed by atoms with Crippen molar-refractivity contribution in [3.63, 3.8) is 0 Å². The van der Waals surface area contributed by atoms with Crippen LogP contribution >= 0.6 is 0 Å². The maximum atomic E-state index is 14.2. The van der Waals surface area contributed by atoms with Crippen LogP contribution in [-0.4, -0.2) is 94.6 Å². The Balaban J connectivity index is 1.27. The van der Waals surface area contributed by atoms with Crippen molar-refractivity contribution in [3.05, 3.63) is 58.9 Å². The molecule has 2 aromatic carbocycles. The average molecular weight is 765 g/mol. The number of anilines is 3. The molecular weight excluding hydrogens is 717 g/mol. The van der Waals surface area contributed by atoms with Crippen molar-refractivity contribution < 1.29 is 24.3 Å². The summed E-state index contributed by atoms with van der Waals surface area (Å²) in [6.07, 6.45) is 4.82. The minimum atomic E-state index is -0.660. The normalized spacial score (nSPS) is 17.3. The molecule has 5 N–H and O–H groups in total. The van der Waals surface area contributed by atoms with Crippen molar-refractivity contribution >= 4 is 69.0 Å². The third kappa shape index (κ3) is 7.33. The van der Waals surface area contributed by atoms with Crippen LogP contribution in [0, 0.1) is 6.92 Å². The lowest BCUT2D eigenvalue weighted by Crippen LogP contribution is -2.39. The maximum Gasteiger partial charge on any atom is 0.276 e. The summed E-state index contributed by atoms with van der Waals surface area (Å²) in [5, 5.41) is 27.0. The quantitative estimate of drug-likeness (QED) is 0.209. The second-order valence-corrected chi connectivity index (χ2v) is 14.4. The molecule has 1 unspecified atom stereocenters. The van der Waals surface area contributed by atoms with Gasteiger partial charge in [0.1, 0.15) is 23.9 Å². The molecule has 5 heterocycles. The third-order valence-electron chi connectivity index (χ3n) is 10.7. The van der Waals surface area contributed by atoms with E-state index in [0.29, 0.717) is 97.3 Å². The molecule has 0 bridgehead atoms. The predicted octanol–water partition coefficient (Wildman–Crippen LogP) is 3.81. The smallest absolute Gasteiger partial charge is 0.276 e. The minimum Gasteiger partial charge on any atom is -0.387 e. The topological polar surface area (TPSA) is 211 Å². The van der Waals surface area contributed by atoms with Crippen LogP contribution in [-0.2, 0) is 35.6 Å². The summed E-state index contributed by atoms with van der Waals surface area (Å²) < 4.78 is 5.60. The predicted molar refractivity (Wildman–Crippen MR) is 213 cm³/mol. The summed E-state index contributed by atoms with van der Waals surface area (Å²) >= 11 is 0. The molecule has 1 atom stereocenters. The van der Waals surface area contributed by atoms with E-state index in [9.17, 15) is 24.3 Å². The van der Waals surface area contributed by atoms with Gasteiger partial charge in [-0.25, -0.2) is 9.97 Å². The van der Waals surface area contributed by atoms with Crippen LogP contribution < -0.4 is 21.3 Å². The molecule has 294 valence electrons. The molecule has 0 saturated carbocycles. The molecule has 3 aromatic heterocycles. The largest absolute Gasteiger partial charge is 0.387 e. The van der Waals surface area contributed by atoms with Gasteiger partial charge in [0.25, 0.3) is 17.7 Å². The number of nitrogens with one attached hydrogen (secondary N) is 2. The fourth-order valence-corrected chi connectivity index (χ4v) is 7.77. The fourth-order valence-electron chi connectivity index (χ4n) is 7.77. The van der Waals surface area contributed by atoms with Crippen molar-refractivity contribution in [3.8, 4) is 0 Å². The number of hydrazone groups is 1. The minimum absolute atomic E-state index is 0.226. The summed E-state index contributed by atoms with van der Waals surface area (Å²) in [5.74, 6) is -0.928. The molecule has 7 rings (SSSR count). The van der Waals surface area contributed by atoms with Crippen LogP contribution in [0.2, 0.25) is 0 Å². The number of aryl methyl sites for hydroxylation is 4. The molecule has 17 nitrogen and oxygen atoms in total. The number of nitrogens with zero attached hydrogens (tertiary/aromatic N) is 9. The van der Waals surface area contributed by atoms with Crippen LogP contribution in [0.15, 0.2) is 41.5 Å². The molecule has 0 fully saturated rings. The van der Waals surface area contributed by atoms with Crippen molar-refractivity contribution in [1.82, 2.24) is 33.9 Å². The highest BCUT2D eigenvalue weighted by molar-refractivity contribution is 6.05. The summed E-state index contributed by atoms with van der Waals surface area (Å²) in [6.45, 7) is 7.15. The van der Waals surface area contributed by atoms with Crippen LogP contribution in [0.3, 0.4) is 0 Å². The molecule has 56 heavy (non-hydrogen) atoms. The van der Waals surface area contributed by atoms with E-state index in [1.807, 2.05) is 47.0 Å². The van der Waals surface area contributed by atoms with E-state index < -0.39 is 24.5 Å². The lowest BCUT2D eigenvalue weighted by atomic mass is 10.0. The molecule has 2 aliphatic heterocycles. The second-order valence-electron chi connectivity index (χ2n) is 14.4. The van der Waals surface area contributed by atoms with E-state index in [1.165, 1.54) is 4.90 Å². The molecule has 4 amide bonds. The number of imidazole rings is 2.